The second-order valence-corrected chi connectivity index (χ2v) is 3.81. The molecule has 0 radical (unpaired) electrons. The van der Waals surface area contributed by atoms with Crippen LogP contribution in [-0.2, 0) is 0 Å². The van der Waals surface area contributed by atoms with Crippen molar-refractivity contribution in [3.63, 3.8) is 0 Å². The van der Waals surface area contributed by atoms with Crippen molar-refractivity contribution < 1.29 is 4.74 Å². The van der Waals surface area contributed by atoms with Gasteiger partial charge in [-0.1, -0.05) is 23.7 Å². The number of rotatable bonds is 3. The van der Waals surface area contributed by atoms with Crippen LogP contribution in [0.5, 0.6) is 5.88 Å². The third-order valence-electron chi connectivity index (χ3n) is 2.22. The summed E-state index contributed by atoms with van der Waals surface area (Å²) in [6, 6.07) is 10.9. The van der Waals surface area contributed by atoms with Gasteiger partial charge in [-0.3, -0.25) is 0 Å². The molecule has 0 aliphatic carbocycles. The quantitative estimate of drug-likeness (QED) is 0.878. The molecule has 0 saturated heterocycles. The molecule has 4 nitrogen and oxygen atoms in total. The van der Waals surface area contributed by atoms with E-state index in [1.807, 2.05) is 18.2 Å². The number of nitrogens with two attached hydrogens (primary N) is 1. The third kappa shape index (κ3) is 2.60. The zero-order valence-electron chi connectivity index (χ0n) is 9.27. The van der Waals surface area contributed by atoms with E-state index in [4.69, 9.17) is 22.1 Å². The van der Waals surface area contributed by atoms with Gasteiger partial charge in [-0.05, 0) is 24.3 Å². The average Bonchev–Trinajstić information content (AvgIpc) is 2.34. The van der Waals surface area contributed by atoms with Gasteiger partial charge in [-0.2, -0.15) is 4.98 Å². The number of aromatic nitrogens is 1. The Morgan fingerprint density at radius 2 is 2.00 bits per heavy atom. The fourth-order valence-corrected chi connectivity index (χ4v) is 1.57. The summed E-state index contributed by atoms with van der Waals surface area (Å²) in [6.07, 6.45) is 0. The van der Waals surface area contributed by atoms with Gasteiger partial charge in [0.15, 0.2) is 0 Å². The lowest BCUT2D eigenvalue weighted by Crippen LogP contribution is -1.99. The molecule has 2 rings (SSSR count). The number of benzene rings is 1. The van der Waals surface area contributed by atoms with Gasteiger partial charge in [0.05, 0.1) is 23.5 Å². The van der Waals surface area contributed by atoms with E-state index in [2.05, 4.69) is 10.3 Å². The summed E-state index contributed by atoms with van der Waals surface area (Å²) in [5, 5.41) is 3.73. The molecule has 0 atom stereocenters. The molecule has 88 valence electrons. The number of pyridine rings is 1. The first-order chi connectivity index (χ1) is 8.20. The molecule has 1 aromatic heterocycles. The summed E-state index contributed by atoms with van der Waals surface area (Å²) in [4.78, 5) is 4.21. The maximum absolute atomic E-state index is 6.03. The highest BCUT2D eigenvalue weighted by atomic mass is 35.5. The van der Waals surface area contributed by atoms with E-state index in [1.165, 1.54) is 7.11 Å². The Balaban J connectivity index is 2.28. The first-order valence-electron chi connectivity index (χ1n) is 5.03. The summed E-state index contributed by atoms with van der Waals surface area (Å²) >= 11 is 6.03. The SMILES string of the molecule is COc1nc(Nc2ccccc2Cl)ccc1N. The van der Waals surface area contributed by atoms with Crippen LogP contribution in [0.25, 0.3) is 0 Å². The Morgan fingerprint density at radius 3 is 2.71 bits per heavy atom. The molecule has 2 aromatic rings. The van der Waals surface area contributed by atoms with Gasteiger partial charge in [-0.15, -0.1) is 0 Å². The van der Waals surface area contributed by atoms with Crippen LogP contribution >= 0.6 is 11.6 Å². The summed E-state index contributed by atoms with van der Waals surface area (Å²) in [5.74, 6) is 1.02. The molecular weight excluding hydrogens is 238 g/mol. The van der Waals surface area contributed by atoms with Crippen LogP contribution in [-0.4, -0.2) is 12.1 Å². The molecule has 0 aliphatic heterocycles. The Labute approximate surface area is 104 Å². The van der Waals surface area contributed by atoms with E-state index < -0.39 is 0 Å². The minimum Gasteiger partial charge on any atom is -0.479 e. The van der Waals surface area contributed by atoms with Crippen molar-refractivity contribution in [3.8, 4) is 5.88 Å². The maximum atomic E-state index is 6.03. The summed E-state index contributed by atoms with van der Waals surface area (Å²) in [7, 11) is 1.53. The van der Waals surface area contributed by atoms with E-state index in [9.17, 15) is 0 Å². The van der Waals surface area contributed by atoms with E-state index in [1.54, 1.807) is 18.2 Å². The van der Waals surface area contributed by atoms with Gasteiger partial charge in [0, 0.05) is 0 Å². The molecule has 0 bridgehead atoms. The number of anilines is 3. The third-order valence-corrected chi connectivity index (χ3v) is 2.55. The molecule has 0 fully saturated rings. The van der Waals surface area contributed by atoms with Gasteiger partial charge >= 0.3 is 0 Å². The zero-order chi connectivity index (χ0) is 12.3. The number of hydrogen-bond donors (Lipinski definition) is 2. The minimum atomic E-state index is 0.391. The van der Waals surface area contributed by atoms with Gasteiger partial charge in [-0.25, -0.2) is 0 Å². The van der Waals surface area contributed by atoms with Crippen LogP contribution in [0.15, 0.2) is 36.4 Å². The standard InChI is InChI=1S/C12H12ClN3O/c1-17-12-9(14)6-7-11(16-12)15-10-5-3-2-4-8(10)13/h2-7H,14H2,1H3,(H,15,16). The number of ether oxygens (including phenoxy) is 1. The molecule has 0 spiro atoms. The van der Waals surface area contributed by atoms with Crippen molar-refractivity contribution in [1.29, 1.82) is 0 Å². The van der Waals surface area contributed by atoms with Crippen LogP contribution < -0.4 is 15.8 Å². The molecule has 3 N–H and O–H groups in total. The number of nitrogen functional groups attached to an aromatic ring is 1. The second-order valence-electron chi connectivity index (χ2n) is 3.40. The molecule has 17 heavy (non-hydrogen) atoms. The smallest absolute Gasteiger partial charge is 0.238 e. The molecule has 0 unspecified atom stereocenters. The molecule has 0 aliphatic rings. The van der Waals surface area contributed by atoms with Crippen LogP contribution in [0.3, 0.4) is 0 Å². The van der Waals surface area contributed by atoms with Crippen LogP contribution in [0, 0.1) is 0 Å². The fraction of sp³-hybridized carbons (Fsp3) is 0.0833. The lowest BCUT2D eigenvalue weighted by atomic mass is 10.3. The molecule has 1 heterocycles. The van der Waals surface area contributed by atoms with Crippen molar-refractivity contribution in [2.75, 3.05) is 18.2 Å². The summed E-state index contributed by atoms with van der Waals surface area (Å²) in [6.45, 7) is 0. The summed E-state index contributed by atoms with van der Waals surface area (Å²) < 4.78 is 5.04. The van der Waals surface area contributed by atoms with E-state index in [0.29, 0.717) is 22.4 Å². The minimum absolute atomic E-state index is 0.391. The zero-order valence-corrected chi connectivity index (χ0v) is 10.0. The van der Waals surface area contributed by atoms with Crippen molar-refractivity contribution in [1.82, 2.24) is 4.98 Å². The highest BCUT2D eigenvalue weighted by Crippen LogP contribution is 2.26. The van der Waals surface area contributed by atoms with Gasteiger partial charge in [0.2, 0.25) is 5.88 Å². The average molecular weight is 250 g/mol. The Bertz CT molecular complexity index is 531. The first-order valence-corrected chi connectivity index (χ1v) is 5.40. The summed E-state index contributed by atoms with van der Waals surface area (Å²) in [5.41, 5.74) is 6.96. The van der Waals surface area contributed by atoms with Crippen LogP contribution in [0.4, 0.5) is 17.2 Å². The number of methoxy groups -OCH3 is 1. The first kappa shape index (κ1) is 11.5. The van der Waals surface area contributed by atoms with Gasteiger partial charge in [0.25, 0.3) is 0 Å². The normalized spacial score (nSPS) is 10.0. The predicted octanol–water partition coefficient (Wildman–Crippen LogP) is 3.07. The van der Waals surface area contributed by atoms with Crippen LogP contribution in [0.2, 0.25) is 5.02 Å². The number of nitrogens with one attached hydrogen (secondary N) is 1. The Hall–Kier alpha value is -1.94. The largest absolute Gasteiger partial charge is 0.479 e. The highest BCUT2D eigenvalue weighted by Gasteiger charge is 2.04. The van der Waals surface area contributed by atoms with Crippen LogP contribution in [0.1, 0.15) is 0 Å². The predicted molar refractivity (Wildman–Crippen MR) is 69.9 cm³/mol. The topological polar surface area (TPSA) is 60.2 Å². The molecule has 0 saturated carbocycles. The fourth-order valence-electron chi connectivity index (χ4n) is 1.38. The molecule has 1 aromatic carbocycles. The van der Waals surface area contributed by atoms with E-state index >= 15 is 0 Å². The van der Waals surface area contributed by atoms with Crippen molar-refractivity contribution in [2.45, 2.75) is 0 Å². The van der Waals surface area contributed by atoms with Gasteiger partial charge in [0.1, 0.15) is 5.82 Å². The molecule has 0 amide bonds. The molecule has 5 heteroatoms. The van der Waals surface area contributed by atoms with Crippen molar-refractivity contribution in [3.05, 3.63) is 41.4 Å². The van der Waals surface area contributed by atoms with Gasteiger partial charge < -0.3 is 15.8 Å². The van der Waals surface area contributed by atoms with Crippen molar-refractivity contribution in [2.24, 2.45) is 0 Å². The van der Waals surface area contributed by atoms with Crippen molar-refractivity contribution >= 4 is 28.8 Å². The lowest BCUT2D eigenvalue weighted by molar-refractivity contribution is 0.401. The maximum Gasteiger partial charge on any atom is 0.238 e. The Morgan fingerprint density at radius 1 is 1.24 bits per heavy atom. The van der Waals surface area contributed by atoms with E-state index in [0.717, 1.165) is 5.69 Å². The number of para-hydroxylation sites is 1. The monoisotopic (exact) mass is 249 g/mol. The number of hydrogen-bond acceptors (Lipinski definition) is 4. The second kappa shape index (κ2) is 4.93. The number of nitrogens with zero attached hydrogens (tertiary/aromatic N) is 1. The lowest BCUT2D eigenvalue weighted by Gasteiger charge is -2.09. The Kier molecular flexibility index (Phi) is 3.35. The highest BCUT2D eigenvalue weighted by molar-refractivity contribution is 6.33. The number of halogens is 1. The molecular formula is C12H12ClN3O. The van der Waals surface area contributed by atoms with E-state index in [-0.39, 0.29) is 0 Å².